The molecule has 0 aromatic heterocycles. The van der Waals surface area contributed by atoms with Gasteiger partial charge in [0.1, 0.15) is 0 Å². The predicted molar refractivity (Wildman–Crippen MR) is 63.8 cm³/mol. The lowest BCUT2D eigenvalue weighted by Gasteiger charge is -2.36. The molecule has 1 aromatic carbocycles. The lowest BCUT2D eigenvalue weighted by Crippen LogP contribution is -2.49. The Balaban J connectivity index is 2.20. The fraction of sp³-hybridized carbons (Fsp3) is 0.455. The number of nitrogens with zero attached hydrogens (tertiary/aromatic N) is 1. The van der Waals surface area contributed by atoms with Crippen molar-refractivity contribution in [1.29, 1.82) is 0 Å². The molecular formula is C11H15BrN2. The van der Waals surface area contributed by atoms with Crippen molar-refractivity contribution >= 4 is 21.6 Å². The Bertz CT molecular complexity index is 314. The van der Waals surface area contributed by atoms with Crippen LogP contribution in [0.1, 0.15) is 6.92 Å². The van der Waals surface area contributed by atoms with Crippen LogP contribution in [0, 0.1) is 0 Å². The maximum atomic E-state index is 3.51. The second kappa shape index (κ2) is 4.32. The van der Waals surface area contributed by atoms with Crippen molar-refractivity contribution in [3.05, 3.63) is 28.7 Å². The molecule has 1 aromatic rings. The summed E-state index contributed by atoms with van der Waals surface area (Å²) in [6.07, 6.45) is 0. The van der Waals surface area contributed by atoms with E-state index < -0.39 is 0 Å². The minimum absolute atomic E-state index is 0.582. The van der Waals surface area contributed by atoms with Crippen LogP contribution in [0.25, 0.3) is 0 Å². The van der Waals surface area contributed by atoms with Crippen LogP contribution in [0.5, 0.6) is 0 Å². The van der Waals surface area contributed by atoms with Gasteiger partial charge in [0.05, 0.1) is 0 Å². The molecule has 1 aliphatic rings. The van der Waals surface area contributed by atoms with Gasteiger partial charge in [0, 0.05) is 35.8 Å². The minimum Gasteiger partial charge on any atom is -0.366 e. The maximum absolute atomic E-state index is 3.51. The third-order valence-corrected chi connectivity index (χ3v) is 3.13. The van der Waals surface area contributed by atoms with Gasteiger partial charge in [0.25, 0.3) is 0 Å². The molecule has 76 valence electrons. The Morgan fingerprint density at radius 2 is 2.36 bits per heavy atom. The SMILES string of the molecule is CC1CNCCN1c1cccc(Br)c1. The van der Waals surface area contributed by atoms with Gasteiger partial charge < -0.3 is 10.2 Å². The lowest BCUT2D eigenvalue weighted by atomic mass is 10.2. The van der Waals surface area contributed by atoms with Crippen molar-refractivity contribution in [3.8, 4) is 0 Å². The molecule has 2 nitrogen and oxygen atoms in total. The highest BCUT2D eigenvalue weighted by atomic mass is 79.9. The van der Waals surface area contributed by atoms with Gasteiger partial charge >= 0.3 is 0 Å². The summed E-state index contributed by atoms with van der Waals surface area (Å²) < 4.78 is 1.15. The molecule has 0 bridgehead atoms. The number of piperazine rings is 1. The van der Waals surface area contributed by atoms with Crippen LogP contribution in [0.4, 0.5) is 5.69 Å². The molecule has 1 fully saturated rings. The summed E-state index contributed by atoms with van der Waals surface area (Å²) in [7, 11) is 0. The van der Waals surface area contributed by atoms with Gasteiger partial charge in [0.15, 0.2) is 0 Å². The molecule has 0 saturated carbocycles. The van der Waals surface area contributed by atoms with Crippen molar-refractivity contribution in [3.63, 3.8) is 0 Å². The number of benzene rings is 1. The monoisotopic (exact) mass is 254 g/mol. The Morgan fingerprint density at radius 3 is 3.07 bits per heavy atom. The molecule has 1 heterocycles. The van der Waals surface area contributed by atoms with Crippen molar-refractivity contribution < 1.29 is 0 Å². The maximum Gasteiger partial charge on any atom is 0.0386 e. The largest absolute Gasteiger partial charge is 0.366 e. The third kappa shape index (κ3) is 2.10. The van der Waals surface area contributed by atoms with Crippen LogP contribution in [0.3, 0.4) is 0 Å². The molecular weight excluding hydrogens is 240 g/mol. The summed E-state index contributed by atoms with van der Waals surface area (Å²) in [4.78, 5) is 2.45. The molecule has 2 rings (SSSR count). The first kappa shape index (κ1) is 9.99. The first-order valence-electron chi connectivity index (χ1n) is 5.00. The minimum atomic E-state index is 0.582. The van der Waals surface area contributed by atoms with Crippen molar-refractivity contribution in [2.75, 3.05) is 24.5 Å². The van der Waals surface area contributed by atoms with Crippen LogP contribution in [0.15, 0.2) is 28.7 Å². The van der Waals surface area contributed by atoms with Gasteiger partial charge in [-0.1, -0.05) is 22.0 Å². The molecule has 1 N–H and O–H groups in total. The van der Waals surface area contributed by atoms with Gasteiger partial charge in [-0.15, -0.1) is 0 Å². The zero-order chi connectivity index (χ0) is 9.97. The van der Waals surface area contributed by atoms with Gasteiger partial charge in [-0.25, -0.2) is 0 Å². The van der Waals surface area contributed by atoms with Crippen LogP contribution in [-0.2, 0) is 0 Å². The Hall–Kier alpha value is -0.540. The first-order valence-corrected chi connectivity index (χ1v) is 5.79. The second-order valence-electron chi connectivity index (χ2n) is 3.73. The Kier molecular flexibility index (Phi) is 3.08. The van der Waals surface area contributed by atoms with E-state index in [1.54, 1.807) is 0 Å². The molecule has 1 atom stereocenters. The van der Waals surface area contributed by atoms with Crippen molar-refractivity contribution in [1.82, 2.24) is 5.32 Å². The number of nitrogens with one attached hydrogen (secondary N) is 1. The lowest BCUT2D eigenvalue weighted by molar-refractivity contribution is 0.501. The summed E-state index contributed by atoms with van der Waals surface area (Å²) in [5.41, 5.74) is 1.31. The van der Waals surface area contributed by atoms with Crippen LogP contribution < -0.4 is 10.2 Å². The number of hydrogen-bond acceptors (Lipinski definition) is 2. The van der Waals surface area contributed by atoms with Crippen molar-refractivity contribution in [2.24, 2.45) is 0 Å². The van der Waals surface area contributed by atoms with Crippen molar-refractivity contribution in [2.45, 2.75) is 13.0 Å². The average Bonchev–Trinajstić information content (AvgIpc) is 2.18. The van der Waals surface area contributed by atoms with Crippen LogP contribution in [0.2, 0.25) is 0 Å². The molecule has 1 unspecified atom stereocenters. The quantitative estimate of drug-likeness (QED) is 0.828. The van der Waals surface area contributed by atoms with Gasteiger partial charge in [-0.3, -0.25) is 0 Å². The molecule has 0 aliphatic carbocycles. The van der Waals surface area contributed by atoms with E-state index in [1.165, 1.54) is 5.69 Å². The highest BCUT2D eigenvalue weighted by Crippen LogP contribution is 2.22. The Morgan fingerprint density at radius 1 is 1.50 bits per heavy atom. The molecule has 1 aliphatic heterocycles. The summed E-state index contributed by atoms with van der Waals surface area (Å²) in [5.74, 6) is 0. The molecule has 1 saturated heterocycles. The number of hydrogen-bond donors (Lipinski definition) is 1. The third-order valence-electron chi connectivity index (χ3n) is 2.64. The highest BCUT2D eigenvalue weighted by Gasteiger charge is 2.17. The highest BCUT2D eigenvalue weighted by molar-refractivity contribution is 9.10. The molecule has 0 amide bonds. The molecule has 3 heteroatoms. The van der Waals surface area contributed by atoms with E-state index in [4.69, 9.17) is 0 Å². The predicted octanol–water partition coefficient (Wildman–Crippen LogP) is 2.25. The Labute approximate surface area is 93.4 Å². The second-order valence-corrected chi connectivity index (χ2v) is 4.64. The van der Waals surface area contributed by atoms with Gasteiger partial charge in [0.2, 0.25) is 0 Å². The van der Waals surface area contributed by atoms with Crippen LogP contribution >= 0.6 is 15.9 Å². The van der Waals surface area contributed by atoms with E-state index >= 15 is 0 Å². The summed E-state index contributed by atoms with van der Waals surface area (Å²) in [6, 6.07) is 9.09. The van der Waals surface area contributed by atoms with E-state index in [9.17, 15) is 0 Å². The summed E-state index contributed by atoms with van der Waals surface area (Å²) in [5, 5.41) is 3.40. The summed E-state index contributed by atoms with van der Waals surface area (Å²) in [6.45, 7) is 5.51. The first-order chi connectivity index (χ1) is 6.77. The van der Waals surface area contributed by atoms with E-state index in [0.717, 1.165) is 24.1 Å². The molecule has 14 heavy (non-hydrogen) atoms. The molecule has 0 radical (unpaired) electrons. The fourth-order valence-corrected chi connectivity index (χ4v) is 2.27. The molecule has 0 spiro atoms. The average molecular weight is 255 g/mol. The smallest absolute Gasteiger partial charge is 0.0386 e. The van der Waals surface area contributed by atoms with Gasteiger partial charge in [-0.05, 0) is 25.1 Å². The zero-order valence-electron chi connectivity index (χ0n) is 8.33. The van der Waals surface area contributed by atoms with E-state index in [2.05, 4.69) is 57.3 Å². The van der Waals surface area contributed by atoms with E-state index in [0.29, 0.717) is 6.04 Å². The number of anilines is 1. The number of halogens is 1. The standard InChI is InChI=1S/C11H15BrN2/c1-9-8-13-5-6-14(9)11-4-2-3-10(12)7-11/h2-4,7,9,13H,5-6,8H2,1H3. The van der Waals surface area contributed by atoms with E-state index in [1.807, 2.05) is 0 Å². The normalized spacial score (nSPS) is 22.4. The number of rotatable bonds is 1. The fourth-order valence-electron chi connectivity index (χ4n) is 1.88. The van der Waals surface area contributed by atoms with Gasteiger partial charge in [-0.2, -0.15) is 0 Å². The van der Waals surface area contributed by atoms with Crippen LogP contribution in [-0.4, -0.2) is 25.7 Å². The van der Waals surface area contributed by atoms with E-state index in [-0.39, 0.29) is 0 Å². The summed E-state index contributed by atoms with van der Waals surface area (Å²) >= 11 is 3.51. The topological polar surface area (TPSA) is 15.3 Å². The zero-order valence-corrected chi connectivity index (χ0v) is 9.92.